The smallest absolute Gasteiger partial charge is 0.224 e. The van der Waals surface area contributed by atoms with Gasteiger partial charge in [-0.05, 0) is 37.0 Å². The summed E-state index contributed by atoms with van der Waals surface area (Å²) < 4.78 is 21.8. The Hall–Kier alpha value is -2.41. The Balaban J connectivity index is 1.33. The summed E-state index contributed by atoms with van der Waals surface area (Å²) in [6.07, 6.45) is 7.87. The molecule has 3 aliphatic rings. The number of imidazole rings is 1. The van der Waals surface area contributed by atoms with Crippen molar-refractivity contribution < 1.29 is 13.9 Å². The number of hydrogen-bond acceptors (Lipinski definition) is 4. The van der Waals surface area contributed by atoms with Crippen molar-refractivity contribution >= 4 is 5.91 Å². The van der Waals surface area contributed by atoms with E-state index in [4.69, 9.17) is 4.74 Å². The first kappa shape index (κ1) is 17.7. The van der Waals surface area contributed by atoms with Gasteiger partial charge in [-0.3, -0.25) is 9.69 Å². The number of halogens is 1. The maximum atomic E-state index is 13.9. The lowest BCUT2D eigenvalue weighted by Gasteiger charge is -2.34. The van der Waals surface area contributed by atoms with E-state index in [1.165, 1.54) is 18.9 Å². The number of fused-ring (bicyclic) bond motifs is 3. The van der Waals surface area contributed by atoms with Crippen molar-refractivity contribution in [3.05, 3.63) is 48.3 Å². The van der Waals surface area contributed by atoms with Gasteiger partial charge in [0.05, 0.1) is 18.9 Å². The summed E-state index contributed by atoms with van der Waals surface area (Å²) in [5.41, 5.74) is 0.894. The van der Waals surface area contributed by atoms with E-state index in [2.05, 4.69) is 15.2 Å². The Morgan fingerprint density at radius 3 is 3.04 bits per heavy atom. The van der Waals surface area contributed by atoms with Gasteiger partial charge < -0.3 is 14.6 Å². The summed E-state index contributed by atoms with van der Waals surface area (Å²) in [5.74, 6) is 1.21. The summed E-state index contributed by atoms with van der Waals surface area (Å²) in [6, 6.07) is 4.81. The molecule has 5 rings (SSSR count). The molecule has 1 aromatic carbocycles. The van der Waals surface area contributed by atoms with Crippen LogP contribution in [0.1, 0.15) is 24.4 Å². The highest BCUT2D eigenvalue weighted by molar-refractivity contribution is 5.80. The third-order valence-electron chi connectivity index (χ3n) is 6.22. The van der Waals surface area contributed by atoms with E-state index in [0.29, 0.717) is 32.2 Å². The molecule has 7 heteroatoms. The molecule has 148 valence electrons. The summed E-state index contributed by atoms with van der Waals surface area (Å²) in [5, 5.41) is 3.08. The molecule has 28 heavy (non-hydrogen) atoms. The Kier molecular flexibility index (Phi) is 4.55. The van der Waals surface area contributed by atoms with Crippen molar-refractivity contribution in [2.75, 3.05) is 26.2 Å². The van der Waals surface area contributed by atoms with Crippen LogP contribution >= 0.6 is 0 Å². The van der Waals surface area contributed by atoms with Crippen molar-refractivity contribution in [1.29, 1.82) is 0 Å². The highest BCUT2D eigenvalue weighted by atomic mass is 19.1. The van der Waals surface area contributed by atoms with Gasteiger partial charge in [-0.25, -0.2) is 9.37 Å². The van der Waals surface area contributed by atoms with Crippen LogP contribution in [0.5, 0.6) is 5.75 Å². The van der Waals surface area contributed by atoms with Gasteiger partial charge in [0.2, 0.25) is 5.91 Å². The molecule has 2 fully saturated rings. The van der Waals surface area contributed by atoms with E-state index in [-0.39, 0.29) is 29.6 Å². The summed E-state index contributed by atoms with van der Waals surface area (Å²) >= 11 is 0. The number of likely N-dealkylation sites (tertiary alicyclic amines) is 1. The maximum absolute atomic E-state index is 13.9. The van der Waals surface area contributed by atoms with Crippen molar-refractivity contribution in [2.45, 2.75) is 25.4 Å². The predicted molar refractivity (Wildman–Crippen MR) is 101 cm³/mol. The summed E-state index contributed by atoms with van der Waals surface area (Å²) in [4.78, 5) is 19.4. The molecule has 0 unspecified atom stereocenters. The second kappa shape index (κ2) is 7.20. The standard InChI is InChI=1S/C21H25FN4O2/c22-15-3-4-19-16(9-15)20-18(12-28-19)17(11-26(20)10-14-1-2-14)21(27)24-6-8-25-7-5-23-13-25/h3-5,7,9,13-14,17-18,20H,1-2,6,8,10-12H2,(H,24,27)/t17-,18+,20+/m1/s1. The van der Waals surface area contributed by atoms with Crippen LogP contribution < -0.4 is 10.1 Å². The minimum absolute atomic E-state index is 0.0568. The van der Waals surface area contributed by atoms with E-state index in [1.807, 2.05) is 10.8 Å². The van der Waals surface area contributed by atoms with Crippen molar-refractivity contribution in [3.63, 3.8) is 0 Å². The summed E-state index contributed by atoms with van der Waals surface area (Å²) in [6.45, 7) is 3.46. The van der Waals surface area contributed by atoms with Crippen LogP contribution in [0.15, 0.2) is 36.9 Å². The van der Waals surface area contributed by atoms with Crippen LogP contribution in [-0.2, 0) is 11.3 Å². The lowest BCUT2D eigenvalue weighted by molar-refractivity contribution is -0.126. The van der Waals surface area contributed by atoms with Gasteiger partial charge in [-0.15, -0.1) is 0 Å². The number of amides is 1. The highest BCUT2D eigenvalue weighted by Crippen LogP contribution is 2.49. The number of ether oxygens (including phenoxy) is 1. The molecule has 0 radical (unpaired) electrons. The van der Waals surface area contributed by atoms with E-state index < -0.39 is 0 Å². The molecule has 3 atom stereocenters. The zero-order valence-electron chi connectivity index (χ0n) is 15.8. The molecule has 2 aliphatic heterocycles. The maximum Gasteiger partial charge on any atom is 0.224 e. The zero-order chi connectivity index (χ0) is 19.1. The molecule has 1 saturated heterocycles. The van der Waals surface area contributed by atoms with Gasteiger partial charge in [-0.1, -0.05) is 0 Å². The highest BCUT2D eigenvalue weighted by Gasteiger charge is 2.49. The molecular weight excluding hydrogens is 359 g/mol. The fourth-order valence-electron chi connectivity index (χ4n) is 4.65. The fraction of sp³-hybridized carbons (Fsp3) is 0.524. The number of nitrogens with one attached hydrogen (secondary N) is 1. The minimum Gasteiger partial charge on any atom is -0.493 e. The molecule has 0 bridgehead atoms. The second-order valence-electron chi connectivity index (χ2n) is 8.20. The molecule has 6 nitrogen and oxygen atoms in total. The van der Waals surface area contributed by atoms with Crippen LogP contribution in [0, 0.1) is 23.6 Å². The van der Waals surface area contributed by atoms with E-state index >= 15 is 0 Å². The normalized spacial score (nSPS) is 26.4. The second-order valence-corrected chi connectivity index (χ2v) is 8.20. The number of carbonyl (C=O) groups is 1. The number of rotatable bonds is 6. The van der Waals surface area contributed by atoms with Gasteiger partial charge in [0, 0.05) is 56.1 Å². The van der Waals surface area contributed by atoms with Crippen molar-refractivity contribution in [3.8, 4) is 5.75 Å². The number of carbonyl (C=O) groups excluding carboxylic acids is 1. The van der Waals surface area contributed by atoms with Gasteiger partial charge >= 0.3 is 0 Å². The Morgan fingerprint density at radius 2 is 2.25 bits per heavy atom. The van der Waals surface area contributed by atoms with Crippen LogP contribution in [0.2, 0.25) is 0 Å². The molecule has 1 aliphatic carbocycles. The molecule has 1 amide bonds. The first-order valence-electron chi connectivity index (χ1n) is 10.1. The monoisotopic (exact) mass is 384 g/mol. The molecule has 1 N–H and O–H groups in total. The van der Waals surface area contributed by atoms with Crippen LogP contribution in [0.3, 0.4) is 0 Å². The molecule has 1 saturated carbocycles. The first-order chi connectivity index (χ1) is 13.7. The van der Waals surface area contributed by atoms with E-state index in [1.54, 1.807) is 24.7 Å². The third-order valence-corrected chi connectivity index (χ3v) is 6.22. The number of hydrogen-bond donors (Lipinski definition) is 1. The van der Waals surface area contributed by atoms with Gasteiger partial charge in [0.25, 0.3) is 0 Å². The van der Waals surface area contributed by atoms with Crippen molar-refractivity contribution in [2.24, 2.45) is 17.8 Å². The lowest BCUT2D eigenvalue weighted by atomic mass is 9.85. The SMILES string of the molecule is O=C(NCCn1ccnc1)[C@@H]1CN(CC2CC2)[C@H]2c3cc(F)ccc3OC[C@@H]12. The average molecular weight is 384 g/mol. The van der Waals surface area contributed by atoms with E-state index in [0.717, 1.165) is 17.9 Å². The predicted octanol–water partition coefficient (Wildman–Crippen LogP) is 2.23. The molecule has 3 heterocycles. The molecule has 0 spiro atoms. The number of aromatic nitrogens is 2. The number of nitrogens with zero attached hydrogens (tertiary/aromatic N) is 3. The lowest BCUT2D eigenvalue weighted by Crippen LogP contribution is -2.39. The zero-order valence-corrected chi connectivity index (χ0v) is 15.8. The topological polar surface area (TPSA) is 59.4 Å². The van der Waals surface area contributed by atoms with Crippen LogP contribution in [0.4, 0.5) is 4.39 Å². The van der Waals surface area contributed by atoms with Crippen LogP contribution in [-0.4, -0.2) is 46.6 Å². The van der Waals surface area contributed by atoms with Crippen LogP contribution in [0.25, 0.3) is 0 Å². The Bertz CT molecular complexity index is 852. The molecule has 1 aromatic heterocycles. The number of benzene rings is 1. The quantitative estimate of drug-likeness (QED) is 0.830. The average Bonchev–Trinajstić information content (AvgIpc) is 3.21. The Labute approximate surface area is 163 Å². The first-order valence-corrected chi connectivity index (χ1v) is 10.1. The summed E-state index contributed by atoms with van der Waals surface area (Å²) in [7, 11) is 0. The van der Waals surface area contributed by atoms with Gasteiger partial charge in [0.1, 0.15) is 11.6 Å². The van der Waals surface area contributed by atoms with E-state index in [9.17, 15) is 9.18 Å². The molecule has 2 aromatic rings. The molecular formula is C21H25FN4O2. The largest absolute Gasteiger partial charge is 0.493 e. The Morgan fingerprint density at radius 1 is 1.36 bits per heavy atom. The minimum atomic E-state index is -0.248. The van der Waals surface area contributed by atoms with Crippen molar-refractivity contribution in [1.82, 2.24) is 19.8 Å². The van der Waals surface area contributed by atoms with Gasteiger partial charge in [-0.2, -0.15) is 0 Å². The third kappa shape index (κ3) is 3.39. The van der Waals surface area contributed by atoms with Gasteiger partial charge in [0.15, 0.2) is 0 Å². The fourth-order valence-corrected chi connectivity index (χ4v) is 4.65.